The van der Waals surface area contributed by atoms with Crippen molar-refractivity contribution in [2.75, 3.05) is 40.5 Å². The monoisotopic (exact) mass is 849 g/mol. The van der Waals surface area contributed by atoms with Crippen LogP contribution in [-0.4, -0.2) is 117 Å². The quantitative estimate of drug-likeness (QED) is 0.0673. The molecule has 2 aromatic carbocycles. The zero-order valence-electron chi connectivity index (χ0n) is 34.8. The lowest BCUT2D eigenvalue weighted by atomic mass is 9.90. The number of halogens is 1. The number of hydrogen-bond acceptors (Lipinski definition) is 11. The molecule has 16 nitrogen and oxygen atoms in total. The van der Waals surface area contributed by atoms with Crippen LogP contribution in [0.15, 0.2) is 73.6 Å². The smallest absolute Gasteiger partial charge is 0.407 e. The maximum atomic E-state index is 15.9. The highest BCUT2D eigenvalue weighted by Crippen LogP contribution is 2.36. The third kappa shape index (κ3) is 8.97. The number of aliphatic hydroxyl groups is 1. The lowest BCUT2D eigenvalue weighted by Gasteiger charge is -2.35. The van der Waals surface area contributed by atoms with Crippen molar-refractivity contribution in [3.05, 3.63) is 91.0 Å². The predicted molar refractivity (Wildman–Crippen MR) is 227 cm³/mol. The first-order valence-electron chi connectivity index (χ1n) is 21.1. The van der Waals surface area contributed by atoms with Gasteiger partial charge in [0.2, 0.25) is 18.2 Å². The normalized spacial score (nSPS) is 19.7. The van der Waals surface area contributed by atoms with Gasteiger partial charge in [-0.3, -0.25) is 14.9 Å². The maximum absolute atomic E-state index is 15.9. The number of aliphatic hydroxyl groups excluding tert-OH is 1. The average molecular weight is 850 g/mol. The first-order chi connectivity index (χ1) is 30.1. The van der Waals surface area contributed by atoms with Gasteiger partial charge >= 0.3 is 6.09 Å². The van der Waals surface area contributed by atoms with Crippen molar-refractivity contribution in [3.63, 3.8) is 0 Å². The number of hydrogen-bond donors (Lipinski definition) is 5. The summed E-state index contributed by atoms with van der Waals surface area (Å²) in [5.41, 5.74) is 4.40. The highest BCUT2D eigenvalue weighted by molar-refractivity contribution is 5.87. The Kier molecular flexibility index (Phi) is 13.0. The highest BCUT2D eigenvalue weighted by Gasteiger charge is 2.40. The van der Waals surface area contributed by atoms with Crippen molar-refractivity contribution >= 4 is 28.8 Å². The molecular formula is C45H52FN9O7. The lowest BCUT2D eigenvalue weighted by Crippen LogP contribution is -2.54. The van der Waals surface area contributed by atoms with Crippen molar-refractivity contribution in [2.45, 2.75) is 75.5 Å². The van der Waals surface area contributed by atoms with E-state index in [-0.39, 0.29) is 36.2 Å². The lowest BCUT2D eigenvalue weighted by molar-refractivity contribution is -0.147. The number of methoxy groups -OCH3 is 2. The number of imidazole rings is 2. The molecule has 5 aromatic rings. The molecule has 0 aliphatic carbocycles. The van der Waals surface area contributed by atoms with Crippen LogP contribution in [0, 0.1) is 11.7 Å². The molecular weight excluding hydrogens is 798 g/mol. The number of aromatic nitrogens is 5. The number of amides is 3. The van der Waals surface area contributed by atoms with Crippen LogP contribution in [0.2, 0.25) is 0 Å². The Labute approximate surface area is 358 Å². The third-order valence-corrected chi connectivity index (χ3v) is 12.2. The molecule has 0 radical (unpaired) electrons. The Morgan fingerprint density at radius 3 is 2.19 bits per heavy atom. The van der Waals surface area contributed by atoms with Crippen molar-refractivity contribution in [2.24, 2.45) is 5.92 Å². The van der Waals surface area contributed by atoms with Crippen LogP contribution in [0.5, 0.6) is 0 Å². The minimum Gasteiger partial charge on any atom is -0.453 e. The number of likely N-dealkylation sites (tertiary alicyclic amines) is 2. The fourth-order valence-electron chi connectivity index (χ4n) is 8.92. The molecule has 17 heteroatoms. The number of ether oxygens (including phenoxy) is 3. The number of aromatic amines is 2. The van der Waals surface area contributed by atoms with E-state index < -0.39 is 30.4 Å². The number of pyridine rings is 1. The summed E-state index contributed by atoms with van der Waals surface area (Å²) in [4.78, 5) is 63.8. The van der Waals surface area contributed by atoms with Crippen molar-refractivity contribution in [3.8, 4) is 33.8 Å². The second-order valence-corrected chi connectivity index (χ2v) is 15.9. The van der Waals surface area contributed by atoms with Gasteiger partial charge in [-0.05, 0) is 81.2 Å². The van der Waals surface area contributed by atoms with Gasteiger partial charge in [0.25, 0.3) is 0 Å². The molecule has 5 atom stereocenters. The molecule has 5 N–H and O–H groups in total. The minimum absolute atomic E-state index is 0.0157. The fraction of sp³-hybridized carbons (Fsp3) is 0.422. The summed E-state index contributed by atoms with van der Waals surface area (Å²) < 4.78 is 31.2. The molecule has 3 fully saturated rings. The van der Waals surface area contributed by atoms with Crippen LogP contribution in [-0.2, 0) is 23.8 Å². The second kappa shape index (κ2) is 18.9. The molecule has 3 aliphatic heterocycles. The van der Waals surface area contributed by atoms with Gasteiger partial charge < -0.3 is 44.4 Å². The zero-order chi connectivity index (χ0) is 43.3. The van der Waals surface area contributed by atoms with E-state index in [1.165, 1.54) is 20.3 Å². The van der Waals surface area contributed by atoms with Crippen LogP contribution in [0.25, 0.3) is 44.7 Å². The van der Waals surface area contributed by atoms with Gasteiger partial charge in [-0.2, -0.15) is 0 Å². The Hall–Kier alpha value is -6.01. The summed E-state index contributed by atoms with van der Waals surface area (Å²) in [6, 6.07) is 12.5. The molecule has 3 aromatic heterocycles. The van der Waals surface area contributed by atoms with Crippen LogP contribution >= 0.6 is 0 Å². The van der Waals surface area contributed by atoms with E-state index in [0.717, 1.165) is 42.3 Å². The Morgan fingerprint density at radius 1 is 0.919 bits per heavy atom. The van der Waals surface area contributed by atoms with Gasteiger partial charge in [0, 0.05) is 55.5 Å². The fourth-order valence-corrected chi connectivity index (χ4v) is 8.92. The molecule has 0 bridgehead atoms. The second-order valence-electron chi connectivity index (χ2n) is 15.9. The standard InChI is InChI=1S/C45H52FN9O7/c1-4-7-34(52-44(58)60-2)42(56)54-18-5-8-37(54)40-47-24-35(50-40)28-11-14-32-27(22-28)12-15-33(49-32)30-13-10-29(23-31(30)46)36-25-48-41(51-36)38-9-6-19-55(38)43(57)39(53-45(59)61-3)26-16-20-62-21-17-26/h4,10-15,22-26,34,37-39,45,53,59H,1,5-9,16-21H2,2-3H3,(H,47,50)(H,48,51)(H,52,58)/t34-,37-,38-,39-,45?/m0/s1. The van der Waals surface area contributed by atoms with Crippen LogP contribution < -0.4 is 10.6 Å². The first kappa shape index (κ1) is 42.7. The summed E-state index contributed by atoms with van der Waals surface area (Å²) in [5.74, 6) is 0.475. The average Bonchev–Trinajstić information content (AvgIpc) is 4.15. The Balaban J connectivity index is 0.951. The van der Waals surface area contributed by atoms with E-state index in [0.29, 0.717) is 78.8 Å². The number of alkyl carbamates (subject to hydrolysis) is 1. The summed E-state index contributed by atoms with van der Waals surface area (Å²) in [6.45, 7) is 5.92. The number of fused-ring (bicyclic) bond motifs is 1. The molecule has 0 saturated carbocycles. The number of nitrogens with one attached hydrogen (secondary N) is 4. The molecule has 1 unspecified atom stereocenters. The summed E-state index contributed by atoms with van der Waals surface area (Å²) in [7, 11) is 2.63. The van der Waals surface area contributed by atoms with Gasteiger partial charge in [-0.25, -0.2) is 24.1 Å². The largest absolute Gasteiger partial charge is 0.453 e. The molecule has 6 heterocycles. The van der Waals surface area contributed by atoms with E-state index >= 15 is 4.39 Å². The molecule has 3 saturated heterocycles. The van der Waals surface area contributed by atoms with E-state index in [4.69, 9.17) is 19.2 Å². The van der Waals surface area contributed by atoms with Crippen molar-refractivity contribution in [1.29, 1.82) is 0 Å². The van der Waals surface area contributed by atoms with Crippen LogP contribution in [0.3, 0.4) is 0 Å². The number of H-pyrrole nitrogens is 2. The van der Waals surface area contributed by atoms with E-state index in [2.05, 4.69) is 37.1 Å². The topological polar surface area (TPSA) is 200 Å². The van der Waals surface area contributed by atoms with E-state index in [1.807, 2.05) is 35.2 Å². The number of benzene rings is 2. The summed E-state index contributed by atoms with van der Waals surface area (Å²) in [5, 5.41) is 16.7. The van der Waals surface area contributed by atoms with Gasteiger partial charge in [-0.1, -0.05) is 24.3 Å². The van der Waals surface area contributed by atoms with Gasteiger partial charge in [0.05, 0.1) is 60.2 Å². The molecule has 3 aliphatic rings. The van der Waals surface area contributed by atoms with Gasteiger partial charge in [0.15, 0.2) is 0 Å². The molecule has 62 heavy (non-hydrogen) atoms. The predicted octanol–water partition coefficient (Wildman–Crippen LogP) is 5.76. The zero-order valence-corrected chi connectivity index (χ0v) is 34.8. The molecule has 0 spiro atoms. The third-order valence-electron chi connectivity index (χ3n) is 12.2. The SMILES string of the molecule is C=CC[C@H](NC(=O)OC)C(=O)N1CCC[C@H]1c1ncc(-c2ccc3nc(-c4ccc(-c5cnc([C@@H]6CCCN6C(=O)[C@@H](NC(O)OC)C6CCOCC6)[nH]5)cc4F)ccc3c2)[nH]1. The van der Waals surface area contributed by atoms with E-state index in [9.17, 15) is 19.5 Å². The highest BCUT2D eigenvalue weighted by atomic mass is 19.1. The molecule has 8 rings (SSSR count). The number of nitrogens with zero attached hydrogens (tertiary/aromatic N) is 5. The Morgan fingerprint density at radius 2 is 1.56 bits per heavy atom. The summed E-state index contributed by atoms with van der Waals surface area (Å²) in [6.07, 6.45) is 7.73. The Bertz CT molecular complexity index is 2420. The first-order valence-corrected chi connectivity index (χ1v) is 21.1. The molecule has 326 valence electrons. The van der Waals surface area contributed by atoms with Crippen molar-refractivity contribution in [1.82, 2.24) is 45.4 Å². The summed E-state index contributed by atoms with van der Waals surface area (Å²) >= 11 is 0. The van der Waals surface area contributed by atoms with Gasteiger partial charge in [-0.15, -0.1) is 6.58 Å². The van der Waals surface area contributed by atoms with E-state index in [1.54, 1.807) is 35.5 Å². The van der Waals surface area contributed by atoms with Crippen molar-refractivity contribution < 1.29 is 38.1 Å². The minimum atomic E-state index is -1.28. The maximum Gasteiger partial charge on any atom is 0.407 e. The number of rotatable bonds is 14. The van der Waals surface area contributed by atoms with Crippen LogP contribution in [0.4, 0.5) is 9.18 Å². The van der Waals surface area contributed by atoms with Gasteiger partial charge in [0.1, 0.15) is 23.5 Å². The number of carbonyl (C=O) groups is 3. The van der Waals surface area contributed by atoms with Crippen LogP contribution in [0.1, 0.15) is 68.7 Å². The number of carbonyl (C=O) groups excluding carboxylic acids is 3. The molecule has 3 amide bonds.